The highest BCUT2D eigenvalue weighted by molar-refractivity contribution is 7.98. The zero-order chi connectivity index (χ0) is 7.94. The Labute approximate surface area is 76.2 Å². The third-order valence-electron chi connectivity index (χ3n) is 1.20. The lowest BCUT2D eigenvalue weighted by molar-refractivity contribution is 1.17. The van der Waals surface area contributed by atoms with Crippen LogP contribution >= 0.6 is 23.4 Å². The summed E-state index contributed by atoms with van der Waals surface area (Å²) < 4.78 is 0. The Morgan fingerprint density at radius 1 is 1.45 bits per heavy atom. The molecule has 0 aromatic carbocycles. The van der Waals surface area contributed by atoms with Crippen LogP contribution in [0.1, 0.15) is 5.69 Å². The first kappa shape index (κ1) is 8.88. The van der Waals surface area contributed by atoms with E-state index in [-0.39, 0.29) is 0 Å². The van der Waals surface area contributed by atoms with Gasteiger partial charge in [0.15, 0.2) is 0 Å². The van der Waals surface area contributed by atoms with Crippen molar-refractivity contribution >= 4 is 23.4 Å². The van der Waals surface area contributed by atoms with E-state index in [0.29, 0.717) is 0 Å². The summed E-state index contributed by atoms with van der Waals surface area (Å²) >= 11 is 7.34. The highest BCUT2D eigenvalue weighted by Gasteiger charge is 1.91. The summed E-state index contributed by atoms with van der Waals surface area (Å²) in [5.74, 6) is 2.68. The van der Waals surface area contributed by atoms with Gasteiger partial charge in [0, 0.05) is 23.6 Å². The fourth-order valence-corrected chi connectivity index (χ4v) is 1.68. The molecule has 0 fully saturated rings. The summed E-state index contributed by atoms with van der Waals surface area (Å²) in [6, 6.07) is 5.96. The molecule has 0 aliphatic rings. The van der Waals surface area contributed by atoms with Gasteiger partial charge in [0.2, 0.25) is 0 Å². The lowest BCUT2D eigenvalue weighted by atomic mass is 10.4. The molecule has 0 N–H and O–H groups in total. The van der Waals surface area contributed by atoms with Crippen molar-refractivity contribution in [2.45, 2.75) is 5.75 Å². The Kier molecular flexibility index (Phi) is 4.39. The average Bonchev–Trinajstić information content (AvgIpc) is 2.07. The zero-order valence-corrected chi connectivity index (χ0v) is 7.74. The smallest absolute Gasteiger partial charge is 0.0502 e. The first-order valence-electron chi connectivity index (χ1n) is 3.47. The van der Waals surface area contributed by atoms with Crippen molar-refractivity contribution in [1.29, 1.82) is 0 Å². The molecule has 1 heterocycles. The van der Waals surface area contributed by atoms with E-state index in [4.69, 9.17) is 11.6 Å². The molecule has 0 saturated heterocycles. The van der Waals surface area contributed by atoms with Crippen LogP contribution in [0.5, 0.6) is 0 Å². The molecule has 0 unspecified atom stereocenters. The van der Waals surface area contributed by atoms with Crippen LogP contribution in [0.3, 0.4) is 0 Å². The van der Waals surface area contributed by atoms with Crippen molar-refractivity contribution in [2.24, 2.45) is 0 Å². The van der Waals surface area contributed by atoms with Gasteiger partial charge in [0.1, 0.15) is 0 Å². The quantitative estimate of drug-likeness (QED) is 0.531. The van der Waals surface area contributed by atoms with E-state index >= 15 is 0 Å². The number of hydrogen-bond donors (Lipinski definition) is 0. The molecule has 11 heavy (non-hydrogen) atoms. The average molecular weight is 188 g/mol. The van der Waals surface area contributed by atoms with E-state index in [9.17, 15) is 0 Å². The number of rotatable bonds is 4. The van der Waals surface area contributed by atoms with Gasteiger partial charge < -0.3 is 0 Å². The number of hydrogen-bond acceptors (Lipinski definition) is 2. The van der Waals surface area contributed by atoms with Crippen molar-refractivity contribution in [3.05, 3.63) is 30.1 Å². The van der Waals surface area contributed by atoms with Crippen molar-refractivity contribution in [3.63, 3.8) is 0 Å². The molecule has 1 rings (SSSR count). The minimum atomic E-state index is 0.720. The van der Waals surface area contributed by atoms with Gasteiger partial charge in [-0.15, -0.1) is 11.6 Å². The van der Waals surface area contributed by atoms with Crippen molar-refractivity contribution in [1.82, 2.24) is 4.98 Å². The van der Waals surface area contributed by atoms with E-state index in [2.05, 4.69) is 4.98 Å². The minimum Gasteiger partial charge on any atom is -0.260 e. The van der Waals surface area contributed by atoms with E-state index in [1.54, 1.807) is 0 Å². The Balaban J connectivity index is 2.28. The molecule has 0 spiro atoms. The second kappa shape index (κ2) is 5.44. The number of aromatic nitrogens is 1. The first-order valence-corrected chi connectivity index (χ1v) is 5.16. The Morgan fingerprint density at radius 2 is 2.36 bits per heavy atom. The van der Waals surface area contributed by atoms with E-state index in [0.717, 1.165) is 23.1 Å². The Bertz CT molecular complexity index is 191. The standard InChI is InChI=1S/C8H10ClNS/c9-4-6-11-7-8-3-1-2-5-10-8/h1-3,5H,4,6-7H2. The van der Waals surface area contributed by atoms with Crippen LogP contribution < -0.4 is 0 Å². The minimum absolute atomic E-state index is 0.720. The number of halogens is 1. The van der Waals surface area contributed by atoms with Crippen LogP contribution in [0.2, 0.25) is 0 Å². The van der Waals surface area contributed by atoms with Gasteiger partial charge in [0.05, 0.1) is 5.69 Å². The molecule has 1 aromatic rings. The SMILES string of the molecule is ClCCSCc1ccccn1. The van der Waals surface area contributed by atoms with E-state index in [1.807, 2.05) is 36.2 Å². The highest BCUT2D eigenvalue weighted by atomic mass is 35.5. The summed E-state index contributed by atoms with van der Waals surface area (Å²) in [5.41, 5.74) is 1.13. The third kappa shape index (κ3) is 3.63. The number of alkyl halides is 1. The molecule has 1 aromatic heterocycles. The maximum Gasteiger partial charge on any atom is 0.0502 e. The molecule has 0 aliphatic carbocycles. The molecule has 0 radical (unpaired) electrons. The molecule has 60 valence electrons. The second-order valence-corrected chi connectivity index (χ2v) is 3.55. The van der Waals surface area contributed by atoms with Gasteiger partial charge in [-0.25, -0.2) is 0 Å². The van der Waals surface area contributed by atoms with Crippen molar-refractivity contribution in [3.8, 4) is 0 Å². The molecule has 0 atom stereocenters. The van der Waals surface area contributed by atoms with Gasteiger partial charge in [-0.3, -0.25) is 4.98 Å². The number of thioether (sulfide) groups is 1. The topological polar surface area (TPSA) is 12.9 Å². The summed E-state index contributed by atoms with van der Waals surface area (Å²) in [6.07, 6.45) is 1.82. The molecule has 0 bridgehead atoms. The lowest BCUT2D eigenvalue weighted by Gasteiger charge is -1.96. The van der Waals surface area contributed by atoms with Crippen molar-refractivity contribution < 1.29 is 0 Å². The summed E-state index contributed by atoms with van der Waals surface area (Å²) in [4.78, 5) is 4.19. The predicted molar refractivity (Wildman–Crippen MR) is 51.1 cm³/mol. The molecular weight excluding hydrogens is 178 g/mol. The van der Waals surface area contributed by atoms with Gasteiger partial charge in [0.25, 0.3) is 0 Å². The zero-order valence-electron chi connectivity index (χ0n) is 6.16. The molecule has 0 saturated carbocycles. The maximum absolute atomic E-state index is 5.53. The monoisotopic (exact) mass is 187 g/mol. The molecule has 0 aliphatic heterocycles. The first-order chi connectivity index (χ1) is 5.43. The Hall–Kier alpha value is -0.210. The van der Waals surface area contributed by atoms with Crippen LogP contribution in [-0.4, -0.2) is 16.6 Å². The molecule has 1 nitrogen and oxygen atoms in total. The maximum atomic E-state index is 5.53. The number of nitrogens with zero attached hydrogens (tertiary/aromatic N) is 1. The van der Waals surface area contributed by atoms with Crippen LogP contribution in [0.4, 0.5) is 0 Å². The summed E-state index contributed by atoms with van der Waals surface area (Å²) in [6.45, 7) is 0. The number of pyridine rings is 1. The molecule has 3 heteroatoms. The predicted octanol–water partition coefficient (Wildman–Crippen LogP) is 2.55. The van der Waals surface area contributed by atoms with Crippen LogP contribution in [0, 0.1) is 0 Å². The molecule has 0 amide bonds. The summed E-state index contributed by atoms with van der Waals surface area (Å²) in [5, 5.41) is 0. The van der Waals surface area contributed by atoms with Crippen LogP contribution in [0.25, 0.3) is 0 Å². The lowest BCUT2D eigenvalue weighted by Crippen LogP contribution is -1.86. The van der Waals surface area contributed by atoms with E-state index < -0.39 is 0 Å². The normalized spacial score (nSPS) is 9.91. The van der Waals surface area contributed by atoms with Gasteiger partial charge in [-0.05, 0) is 12.1 Å². The second-order valence-electron chi connectivity index (χ2n) is 2.06. The van der Waals surface area contributed by atoms with Crippen LogP contribution in [0.15, 0.2) is 24.4 Å². The van der Waals surface area contributed by atoms with Gasteiger partial charge >= 0.3 is 0 Å². The third-order valence-corrected chi connectivity index (χ3v) is 2.60. The largest absolute Gasteiger partial charge is 0.260 e. The van der Waals surface area contributed by atoms with Crippen molar-refractivity contribution in [2.75, 3.05) is 11.6 Å². The highest BCUT2D eigenvalue weighted by Crippen LogP contribution is 2.08. The van der Waals surface area contributed by atoms with Crippen LogP contribution in [-0.2, 0) is 5.75 Å². The fraction of sp³-hybridized carbons (Fsp3) is 0.375. The van der Waals surface area contributed by atoms with Gasteiger partial charge in [-0.1, -0.05) is 6.07 Å². The Morgan fingerprint density at radius 3 is 3.00 bits per heavy atom. The fourth-order valence-electron chi connectivity index (χ4n) is 0.715. The van der Waals surface area contributed by atoms with E-state index in [1.165, 1.54) is 0 Å². The summed E-state index contributed by atoms with van der Waals surface area (Å²) in [7, 11) is 0. The molecular formula is C8H10ClNS. The van der Waals surface area contributed by atoms with Gasteiger partial charge in [-0.2, -0.15) is 11.8 Å².